The molecule has 0 fully saturated rings. The predicted molar refractivity (Wildman–Crippen MR) is 82.1 cm³/mol. The molecule has 2 rings (SSSR count). The van der Waals surface area contributed by atoms with E-state index in [0.717, 1.165) is 16.3 Å². The van der Waals surface area contributed by atoms with Crippen molar-refractivity contribution in [3.8, 4) is 0 Å². The fraction of sp³-hybridized carbons (Fsp3) is 0.438. The maximum atomic E-state index is 5.81. The summed E-state index contributed by atoms with van der Waals surface area (Å²) in [5.41, 5.74) is 3.93. The number of rotatable bonds is 4. The average molecular weight is 273 g/mol. The largest absolute Gasteiger partial charge is 0.379 e. The summed E-state index contributed by atoms with van der Waals surface area (Å²) < 4.78 is 5.70. The number of pyridine rings is 1. The minimum atomic E-state index is -0.112. The molecule has 0 saturated carbocycles. The minimum absolute atomic E-state index is 0.0390. The van der Waals surface area contributed by atoms with Crippen molar-refractivity contribution in [3.05, 3.63) is 42.2 Å². The first-order chi connectivity index (χ1) is 9.49. The van der Waals surface area contributed by atoms with Gasteiger partial charge in [-0.05, 0) is 16.4 Å². The van der Waals surface area contributed by atoms with Crippen LogP contribution in [0, 0.1) is 5.41 Å². The number of hydrogen-bond acceptors (Lipinski definition) is 4. The zero-order valence-electron chi connectivity index (χ0n) is 12.6. The number of benzene rings is 1. The lowest BCUT2D eigenvalue weighted by Crippen LogP contribution is -2.44. The molecule has 2 atom stereocenters. The summed E-state index contributed by atoms with van der Waals surface area (Å²) in [6, 6.07) is 8.07. The lowest BCUT2D eigenvalue weighted by molar-refractivity contribution is -0.0117. The molecule has 0 spiro atoms. The van der Waals surface area contributed by atoms with Gasteiger partial charge in [-0.3, -0.25) is 16.3 Å². The van der Waals surface area contributed by atoms with E-state index in [9.17, 15) is 0 Å². The molecule has 1 aromatic heterocycles. The molecule has 4 heteroatoms. The lowest BCUT2D eigenvalue weighted by atomic mass is 9.81. The fourth-order valence-corrected chi connectivity index (χ4v) is 2.72. The Labute approximate surface area is 120 Å². The van der Waals surface area contributed by atoms with Gasteiger partial charge in [0, 0.05) is 24.9 Å². The van der Waals surface area contributed by atoms with Crippen molar-refractivity contribution in [2.75, 3.05) is 7.11 Å². The smallest absolute Gasteiger partial charge is 0.0827 e. The fourth-order valence-electron chi connectivity index (χ4n) is 2.72. The molecule has 0 bridgehead atoms. The number of nitrogens with one attached hydrogen (secondary N) is 1. The van der Waals surface area contributed by atoms with Crippen LogP contribution in [0.3, 0.4) is 0 Å². The van der Waals surface area contributed by atoms with Gasteiger partial charge in [0.05, 0.1) is 12.1 Å². The second kappa shape index (κ2) is 5.87. The van der Waals surface area contributed by atoms with E-state index < -0.39 is 0 Å². The van der Waals surface area contributed by atoms with Crippen LogP contribution in [0.1, 0.15) is 32.4 Å². The number of aromatic nitrogens is 1. The molecule has 0 radical (unpaired) electrons. The van der Waals surface area contributed by atoms with Crippen LogP contribution in [-0.4, -0.2) is 18.2 Å². The van der Waals surface area contributed by atoms with Gasteiger partial charge in [-0.15, -0.1) is 0 Å². The van der Waals surface area contributed by atoms with Gasteiger partial charge in [-0.2, -0.15) is 0 Å². The second-order valence-electron chi connectivity index (χ2n) is 6.12. The molecule has 0 aliphatic carbocycles. The summed E-state index contributed by atoms with van der Waals surface area (Å²) >= 11 is 0. The maximum Gasteiger partial charge on any atom is 0.0827 e. The van der Waals surface area contributed by atoms with Gasteiger partial charge < -0.3 is 4.74 Å². The Morgan fingerprint density at radius 3 is 2.50 bits per heavy atom. The highest BCUT2D eigenvalue weighted by Gasteiger charge is 2.33. The SMILES string of the molecule is COC(C(NN)c1cncc2ccccc12)C(C)(C)C. The van der Waals surface area contributed by atoms with E-state index in [1.165, 1.54) is 0 Å². The first-order valence-electron chi connectivity index (χ1n) is 6.80. The van der Waals surface area contributed by atoms with Crippen molar-refractivity contribution < 1.29 is 4.74 Å². The van der Waals surface area contributed by atoms with E-state index in [2.05, 4.69) is 43.3 Å². The van der Waals surface area contributed by atoms with Crippen molar-refractivity contribution in [1.82, 2.24) is 10.4 Å². The van der Waals surface area contributed by atoms with Gasteiger partial charge in [0.1, 0.15) is 0 Å². The topological polar surface area (TPSA) is 60.2 Å². The molecular formula is C16H23N3O. The van der Waals surface area contributed by atoms with Gasteiger partial charge in [-0.1, -0.05) is 45.0 Å². The predicted octanol–water partition coefficient (Wildman–Crippen LogP) is 2.80. The number of ether oxygens (including phenoxy) is 1. The number of nitrogens with zero attached hydrogens (tertiary/aromatic N) is 1. The minimum Gasteiger partial charge on any atom is -0.379 e. The number of hydrogen-bond donors (Lipinski definition) is 2. The highest BCUT2D eigenvalue weighted by Crippen LogP contribution is 2.34. The molecule has 20 heavy (non-hydrogen) atoms. The molecule has 0 amide bonds. The molecule has 0 saturated heterocycles. The van der Waals surface area contributed by atoms with Crippen LogP contribution in [0.25, 0.3) is 10.8 Å². The summed E-state index contributed by atoms with van der Waals surface area (Å²) in [6.45, 7) is 6.43. The van der Waals surface area contributed by atoms with E-state index >= 15 is 0 Å². The number of nitrogens with two attached hydrogens (primary N) is 1. The first kappa shape index (κ1) is 14.9. The van der Waals surface area contributed by atoms with E-state index in [4.69, 9.17) is 10.6 Å². The van der Waals surface area contributed by atoms with E-state index in [-0.39, 0.29) is 17.6 Å². The molecule has 2 aromatic rings. The molecule has 4 nitrogen and oxygen atoms in total. The third-order valence-electron chi connectivity index (χ3n) is 3.62. The monoisotopic (exact) mass is 273 g/mol. The molecule has 3 N–H and O–H groups in total. The molecule has 0 aliphatic heterocycles. The molecule has 2 unspecified atom stereocenters. The van der Waals surface area contributed by atoms with Crippen molar-refractivity contribution >= 4 is 10.8 Å². The molecule has 108 valence electrons. The van der Waals surface area contributed by atoms with E-state index in [0.29, 0.717) is 0 Å². The van der Waals surface area contributed by atoms with Gasteiger partial charge in [0.2, 0.25) is 0 Å². The van der Waals surface area contributed by atoms with Crippen LogP contribution >= 0.6 is 0 Å². The summed E-state index contributed by atoms with van der Waals surface area (Å²) in [5, 5.41) is 2.26. The molecular weight excluding hydrogens is 250 g/mol. The third kappa shape index (κ3) is 2.82. The summed E-state index contributed by atoms with van der Waals surface area (Å²) in [5.74, 6) is 5.81. The Morgan fingerprint density at radius 1 is 1.20 bits per heavy atom. The molecule has 0 aliphatic rings. The van der Waals surface area contributed by atoms with Gasteiger partial charge in [0.15, 0.2) is 0 Å². The van der Waals surface area contributed by atoms with Crippen molar-refractivity contribution in [2.45, 2.75) is 32.9 Å². The Morgan fingerprint density at radius 2 is 1.90 bits per heavy atom. The maximum absolute atomic E-state index is 5.81. The van der Waals surface area contributed by atoms with Crippen LogP contribution in [0.5, 0.6) is 0 Å². The Balaban J connectivity index is 2.54. The Bertz CT molecular complexity index is 572. The standard InChI is InChI=1S/C16H23N3O/c1-16(2,3)15(20-4)14(19-17)13-10-18-9-11-7-5-6-8-12(11)13/h5-10,14-15,19H,17H2,1-4H3. The van der Waals surface area contributed by atoms with Crippen molar-refractivity contribution in [2.24, 2.45) is 11.3 Å². The average Bonchev–Trinajstić information content (AvgIpc) is 2.42. The Kier molecular flexibility index (Phi) is 4.38. The van der Waals surface area contributed by atoms with Crippen LogP contribution in [-0.2, 0) is 4.74 Å². The molecule has 1 aromatic carbocycles. The number of hydrazine groups is 1. The third-order valence-corrected chi connectivity index (χ3v) is 3.62. The van der Waals surface area contributed by atoms with Crippen LogP contribution < -0.4 is 11.3 Å². The van der Waals surface area contributed by atoms with Gasteiger partial charge >= 0.3 is 0 Å². The highest BCUT2D eigenvalue weighted by atomic mass is 16.5. The summed E-state index contributed by atoms with van der Waals surface area (Å²) in [7, 11) is 1.72. The highest BCUT2D eigenvalue weighted by molar-refractivity contribution is 5.85. The van der Waals surface area contributed by atoms with Gasteiger partial charge in [0.25, 0.3) is 0 Å². The van der Waals surface area contributed by atoms with E-state index in [1.807, 2.05) is 24.5 Å². The zero-order chi connectivity index (χ0) is 14.8. The van der Waals surface area contributed by atoms with Gasteiger partial charge in [-0.25, -0.2) is 0 Å². The first-order valence-corrected chi connectivity index (χ1v) is 6.80. The van der Waals surface area contributed by atoms with Crippen LogP contribution in [0.15, 0.2) is 36.7 Å². The Hall–Kier alpha value is -1.49. The summed E-state index contributed by atoms with van der Waals surface area (Å²) in [6.07, 6.45) is 3.68. The van der Waals surface area contributed by atoms with Crippen molar-refractivity contribution in [1.29, 1.82) is 0 Å². The lowest BCUT2D eigenvalue weighted by Gasteiger charge is -2.36. The van der Waals surface area contributed by atoms with Crippen molar-refractivity contribution in [3.63, 3.8) is 0 Å². The van der Waals surface area contributed by atoms with Crippen LogP contribution in [0.2, 0.25) is 0 Å². The van der Waals surface area contributed by atoms with Crippen LogP contribution in [0.4, 0.5) is 0 Å². The zero-order valence-corrected chi connectivity index (χ0v) is 12.6. The normalized spacial score (nSPS) is 15.2. The quantitative estimate of drug-likeness (QED) is 0.664. The number of methoxy groups -OCH3 is 1. The van der Waals surface area contributed by atoms with E-state index in [1.54, 1.807) is 7.11 Å². The summed E-state index contributed by atoms with van der Waals surface area (Å²) in [4.78, 5) is 4.33. The molecule has 1 heterocycles. The number of fused-ring (bicyclic) bond motifs is 1. The second-order valence-corrected chi connectivity index (χ2v) is 6.12.